The van der Waals surface area contributed by atoms with Crippen LogP contribution in [0.4, 0.5) is 0 Å². The van der Waals surface area contributed by atoms with E-state index >= 15 is 0 Å². The maximum absolute atomic E-state index is 10.6. The Morgan fingerprint density at radius 3 is 2.80 bits per heavy atom. The summed E-state index contributed by atoms with van der Waals surface area (Å²) >= 11 is 0. The molecular formula is C14H14O. The second-order valence-electron chi connectivity index (χ2n) is 3.08. The van der Waals surface area contributed by atoms with Crippen LogP contribution in [0, 0.1) is 0 Å². The van der Waals surface area contributed by atoms with E-state index in [4.69, 9.17) is 0 Å². The normalized spacial score (nSPS) is 11.7. The number of allylic oxidation sites excluding steroid dienone is 5. The van der Waals surface area contributed by atoms with Gasteiger partial charge in [0.05, 0.1) is 0 Å². The highest BCUT2D eigenvalue weighted by atomic mass is 16.1. The predicted molar refractivity (Wildman–Crippen MR) is 64.8 cm³/mol. The summed E-state index contributed by atoms with van der Waals surface area (Å²) in [5, 5.41) is 0. The molecule has 0 fully saturated rings. The Hall–Kier alpha value is -1.89. The van der Waals surface area contributed by atoms with Crippen molar-refractivity contribution in [3.05, 3.63) is 66.3 Å². The average molecular weight is 198 g/mol. The number of carbonyl (C=O) groups is 1. The van der Waals surface area contributed by atoms with Gasteiger partial charge in [-0.1, -0.05) is 49.1 Å². The van der Waals surface area contributed by atoms with Gasteiger partial charge < -0.3 is 0 Å². The molecule has 0 spiro atoms. The minimum Gasteiger partial charge on any atom is -0.298 e. The van der Waals surface area contributed by atoms with Crippen LogP contribution in [-0.2, 0) is 0 Å². The highest BCUT2D eigenvalue weighted by Crippen LogP contribution is 2.16. The second kappa shape index (κ2) is 5.76. The fourth-order valence-corrected chi connectivity index (χ4v) is 1.32. The SMILES string of the molecule is C=C/C=C\C(=C/C)c1cccc(C=O)c1. The van der Waals surface area contributed by atoms with Crippen molar-refractivity contribution in [2.24, 2.45) is 0 Å². The minimum absolute atomic E-state index is 0.693. The summed E-state index contributed by atoms with van der Waals surface area (Å²) < 4.78 is 0. The zero-order valence-electron chi connectivity index (χ0n) is 8.81. The Kier molecular flexibility index (Phi) is 4.30. The van der Waals surface area contributed by atoms with Crippen LogP contribution in [0.25, 0.3) is 5.57 Å². The highest BCUT2D eigenvalue weighted by Gasteiger charge is 1.97. The van der Waals surface area contributed by atoms with Crippen LogP contribution in [0.2, 0.25) is 0 Å². The van der Waals surface area contributed by atoms with E-state index in [-0.39, 0.29) is 0 Å². The molecule has 0 aliphatic carbocycles. The van der Waals surface area contributed by atoms with Gasteiger partial charge in [0.2, 0.25) is 0 Å². The Bertz CT molecular complexity index is 411. The van der Waals surface area contributed by atoms with Crippen molar-refractivity contribution in [2.75, 3.05) is 0 Å². The summed E-state index contributed by atoms with van der Waals surface area (Å²) in [6.07, 6.45) is 8.44. The molecule has 76 valence electrons. The van der Waals surface area contributed by atoms with E-state index in [1.165, 1.54) is 0 Å². The van der Waals surface area contributed by atoms with Gasteiger partial charge >= 0.3 is 0 Å². The average Bonchev–Trinajstić information content (AvgIpc) is 2.30. The minimum atomic E-state index is 0.693. The zero-order valence-corrected chi connectivity index (χ0v) is 8.81. The van der Waals surface area contributed by atoms with Gasteiger partial charge in [0.15, 0.2) is 0 Å². The first-order chi connectivity index (χ1) is 7.31. The van der Waals surface area contributed by atoms with E-state index in [2.05, 4.69) is 6.58 Å². The van der Waals surface area contributed by atoms with Gasteiger partial charge in [0.25, 0.3) is 0 Å². The molecule has 0 heterocycles. The van der Waals surface area contributed by atoms with E-state index in [1.54, 1.807) is 12.1 Å². The van der Waals surface area contributed by atoms with E-state index in [0.29, 0.717) is 5.56 Å². The van der Waals surface area contributed by atoms with Gasteiger partial charge in [-0.3, -0.25) is 4.79 Å². The lowest BCUT2D eigenvalue weighted by Gasteiger charge is -2.02. The Morgan fingerprint density at radius 2 is 2.20 bits per heavy atom. The fourth-order valence-electron chi connectivity index (χ4n) is 1.32. The standard InChI is InChI=1S/C14H14O/c1-3-5-8-13(4-2)14-9-6-7-12(10-14)11-15/h3-11H,1H2,2H3/b8-5-,13-4+. The molecule has 0 aliphatic rings. The molecule has 0 amide bonds. The number of hydrogen-bond donors (Lipinski definition) is 0. The quantitative estimate of drug-likeness (QED) is 0.533. The Labute approximate surface area is 90.4 Å². The largest absolute Gasteiger partial charge is 0.298 e. The third-order valence-electron chi connectivity index (χ3n) is 2.08. The van der Waals surface area contributed by atoms with E-state index in [9.17, 15) is 4.79 Å². The first kappa shape index (κ1) is 11.2. The van der Waals surface area contributed by atoms with E-state index in [1.807, 2.05) is 43.4 Å². The fraction of sp³-hybridized carbons (Fsp3) is 0.0714. The molecule has 0 bridgehead atoms. The summed E-state index contributed by atoms with van der Waals surface area (Å²) in [7, 11) is 0. The van der Waals surface area contributed by atoms with Crippen molar-refractivity contribution in [2.45, 2.75) is 6.92 Å². The molecule has 1 nitrogen and oxygen atoms in total. The first-order valence-electron chi connectivity index (χ1n) is 4.83. The van der Waals surface area contributed by atoms with Crippen LogP contribution in [-0.4, -0.2) is 6.29 Å². The van der Waals surface area contributed by atoms with Crippen LogP contribution in [0.3, 0.4) is 0 Å². The van der Waals surface area contributed by atoms with Crippen molar-refractivity contribution in [1.82, 2.24) is 0 Å². The summed E-state index contributed by atoms with van der Waals surface area (Å²) in [5.41, 5.74) is 2.82. The second-order valence-corrected chi connectivity index (χ2v) is 3.08. The monoisotopic (exact) mass is 198 g/mol. The van der Waals surface area contributed by atoms with Crippen LogP contribution in [0.1, 0.15) is 22.8 Å². The van der Waals surface area contributed by atoms with Gasteiger partial charge in [-0.05, 0) is 24.1 Å². The van der Waals surface area contributed by atoms with Gasteiger partial charge in [-0.2, -0.15) is 0 Å². The third-order valence-corrected chi connectivity index (χ3v) is 2.08. The molecule has 1 heteroatoms. The number of aldehydes is 1. The number of hydrogen-bond acceptors (Lipinski definition) is 1. The molecule has 1 aromatic carbocycles. The highest BCUT2D eigenvalue weighted by molar-refractivity contribution is 5.80. The summed E-state index contributed by atoms with van der Waals surface area (Å²) in [5.74, 6) is 0. The summed E-state index contributed by atoms with van der Waals surface area (Å²) in [6, 6.07) is 7.52. The lowest BCUT2D eigenvalue weighted by atomic mass is 10.0. The topological polar surface area (TPSA) is 17.1 Å². The maximum atomic E-state index is 10.6. The maximum Gasteiger partial charge on any atom is 0.150 e. The van der Waals surface area contributed by atoms with Crippen molar-refractivity contribution in [1.29, 1.82) is 0 Å². The molecule has 15 heavy (non-hydrogen) atoms. The summed E-state index contributed by atoms with van der Waals surface area (Å²) in [4.78, 5) is 10.6. The number of carbonyl (C=O) groups excluding carboxylic acids is 1. The Morgan fingerprint density at radius 1 is 1.40 bits per heavy atom. The molecule has 1 rings (SSSR count). The molecule has 0 atom stereocenters. The first-order valence-corrected chi connectivity index (χ1v) is 4.83. The Balaban J connectivity index is 3.07. The van der Waals surface area contributed by atoms with Crippen LogP contribution in [0.15, 0.2) is 55.1 Å². The smallest absolute Gasteiger partial charge is 0.150 e. The van der Waals surface area contributed by atoms with Crippen LogP contribution < -0.4 is 0 Å². The van der Waals surface area contributed by atoms with Gasteiger partial charge in [-0.25, -0.2) is 0 Å². The number of rotatable bonds is 4. The molecule has 0 saturated carbocycles. The van der Waals surface area contributed by atoms with Crippen molar-refractivity contribution < 1.29 is 4.79 Å². The zero-order chi connectivity index (χ0) is 11.1. The lowest BCUT2D eigenvalue weighted by molar-refractivity contribution is 0.112. The van der Waals surface area contributed by atoms with Crippen LogP contribution in [0.5, 0.6) is 0 Å². The molecule has 0 N–H and O–H groups in total. The molecule has 0 unspecified atom stereocenters. The molecule has 0 aromatic heterocycles. The van der Waals surface area contributed by atoms with Gasteiger partial charge in [-0.15, -0.1) is 0 Å². The molecule has 0 aliphatic heterocycles. The molecule has 0 radical (unpaired) electrons. The molecular weight excluding hydrogens is 184 g/mol. The lowest BCUT2D eigenvalue weighted by Crippen LogP contribution is -1.84. The third kappa shape index (κ3) is 3.06. The summed E-state index contributed by atoms with van der Waals surface area (Å²) in [6.45, 7) is 5.59. The van der Waals surface area contributed by atoms with Crippen molar-refractivity contribution in [3.8, 4) is 0 Å². The van der Waals surface area contributed by atoms with Crippen LogP contribution >= 0.6 is 0 Å². The van der Waals surface area contributed by atoms with Gasteiger partial charge in [0.1, 0.15) is 6.29 Å². The molecule has 0 saturated heterocycles. The van der Waals surface area contributed by atoms with E-state index in [0.717, 1.165) is 17.4 Å². The van der Waals surface area contributed by atoms with Crippen molar-refractivity contribution in [3.63, 3.8) is 0 Å². The molecule has 1 aromatic rings. The van der Waals surface area contributed by atoms with Crippen molar-refractivity contribution >= 4 is 11.9 Å². The predicted octanol–water partition coefficient (Wildman–Crippen LogP) is 3.64. The van der Waals surface area contributed by atoms with Gasteiger partial charge in [0, 0.05) is 5.56 Å². The van der Waals surface area contributed by atoms with E-state index < -0.39 is 0 Å². The number of benzene rings is 1.